The summed E-state index contributed by atoms with van der Waals surface area (Å²) in [5.74, 6) is 0.711. The number of benzene rings is 2. The molecule has 168 valence electrons. The van der Waals surface area contributed by atoms with E-state index in [4.69, 9.17) is 9.47 Å². The van der Waals surface area contributed by atoms with E-state index in [-0.39, 0.29) is 11.8 Å². The van der Waals surface area contributed by atoms with E-state index in [0.29, 0.717) is 25.2 Å². The van der Waals surface area contributed by atoms with Gasteiger partial charge < -0.3 is 14.4 Å². The number of esters is 1. The molecule has 0 bridgehead atoms. The van der Waals surface area contributed by atoms with Crippen LogP contribution < -0.4 is 9.64 Å². The molecule has 2 rings (SSSR count). The van der Waals surface area contributed by atoms with E-state index < -0.39 is 0 Å². The average molecular weight is 426 g/mol. The highest BCUT2D eigenvalue weighted by atomic mass is 16.5. The van der Waals surface area contributed by atoms with Gasteiger partial charge in [0.25, 0.3) is 0 Å². The normalized spacial score (nSPS) is 10.5. The molecule has 0 fully saturated rings. The fourth-order valence-electron chi connectivity index (χ4n) is 3.20. The molecule has 0 aromatic heterocycles. The number of anilines is 1. The molecular formula is C26H35NO4. The molecule has 5 nitrogen and oxygen atoms in total. The molecule has 31 heavy (non-hydrogen) atoms. The van der Waals surface area contributed by atoms with E-state index in [1.54, 1.807) is 19.1 Å². The second-order valence-corrected chi connectivity index (χ2v) is 8.01. The molecule has 0 aliphatic rings. The number of carbonyl (C=O) groups is 2. The lowest BCUT2D eigenvalue weighted by Crippen LogP contribution is -2.10. The van der Waals surface area contributed by atoms with Crippen LogP contribution in [-0.2, 0) is 16.0 Å². The van der Waals surface area contributed by atoms with Crippen molar-refractivity contribution < 1.29 is 19.1 Å². The van der Waals surface area contributed by atoms with Gasteiger partial charge in [-0.05, 0) is 61.7 Å². The van der Waals surface area contributed by atoms with Gasteiger partial charge in [-0.1, -0.05) is 37.8 Å². The maximum absolute atomic E-state index is 11.9. The van der Waals surface area contributed by atoms with Crippen LogP contribution in [0.15, 0.2) is 48.5 Å². The highest BCUT2D eigenvalue weighted by Crippen LogP contribution is 2.15. The third kappa shape index (κ3) is 9.69. The van der Waals surface area contributed by atoms with Crippen LogP contribution in [0.3, 0.4) is 0 Å². The van der Waals surface area contributed by atoms with Crippen LogP contribution >= 0.6 is 0 Å². The second kappa shape index (κ2) is 13.5. The SMILES string of the molecule is CC(=O)c1ccc(OCCCCCCCCOC(=O)Cc2ccc(N(C)C)cc2)cc1. The molecular weight excluding hydrogens is 390 g/mol. The van der Waals surface area contributed by atoms with Crippen molar-refractivity contribution in [2.24, 2.45) is 0 Å². The zero-order valence-electron chi connectivity index (χ0n) is 19.1. The Morgan fingerprint density at radius 2 is 1.35 bits per heavy atom. The summed E-state index contributed by atoms with van der Waals surface area (Å²) in [5.41, 5.74) is 2.80. The van der Waals surface area contributed by atoms with Gasteiger partial charge in [0.1, 0.15) is 5.75 Å². The van der Waals surface area contributed by atoms with Gasteiger partial charge in [0.15, 0.2) is 5.78 Å². The smallest absolute Gasteiger partial charge is 0.310 e. The molecule has 0 spiro atoms. The Bertz CT molecular complexity index is 797. The van der Waals surface area contributed by atoms with Gasteiger partial charge in [0.05, 0.1) is 19.6 Å². The third-order valence-corrected chi connectivity index (χ3v) is 5.13. The highest BCUT2D eigenvalue weighted by molar-refractivity contribution is 5.94. The first-order chi connectivity index (χ1) is 15.0. The molecule has 5 heteroatoms. The number of nitrogens with zero attached hydrogens (tertiary/aromatic N) is 1. The summed E-state index contributed by atoms with van der Waals surface area (Å²) in [4.78, 5) is 25.2. The van der Waals surface area contributed by atoms with Crippen molar-refractivity contribution in [2.45, 2.75) is 51.9 Å². The number of ether oxygens (including phenoxy) is 2. The Labute approximate surface area is 186 Å². The standard InChI is InChI=1S/C26H35NO4/c1-21(28)23-12-16-25(17-13-23)30-18-8-6-4-5-7-9-19-31-26(29)20-22-10-14-24(15-11-22)27(2)3/h10-17H,4-9,18-20H2,1-3H3. The molecule has 0 saturated heterocycles. The van der Waals surface area contributed by atoms with E-state index in [2.05, 4.69) is 0 Å². The van der Waals surface area contributed by atoms with Gasteiger partial charge >= 0.3 is 5.97 Å². The van der Waals surface area contributed by atoms with E-state index >= 15 is 0 Å². The highest BCUT2D eigenvalue weighted by Gasteiger charge is 2.05. The van der Waals surface area contributed by atoms with Crippen molar-refractivity contribution in [1.29, 1.82) is 0 Å². The first-order valence-corrected chi connectivity index (χ1v) is 11.1. The number of unbranched alkanes of at least 4 members (excludes halogenated alkanes) is 5. The minimum atomic E-state index is -0.161. The van der Waals surface area contributed by atoms with E-state index in [1.165, 1.54) is 0 Å². The van der Waals surface area contributed by atoms with E-state index in [0.717, 1.165) is 55.5 Å². The van der Waals surface area contributed by atoms with Crippen LogP contribution in [0.5, 0.6) is 5.75 Å². The molecule has 0 heterocycles. The predicted molar refractivity (Wildman–Crippen MR) is 125 cm³/mol. The maximum atomic E-state index is 11.9. The van der Waals surface area contributed by atoms with Crippen molar-refractivity contribution in [3.8, 4) is 5.75 Å². The van der Waals surface area contributed by atoms with Gasteiger partial charge in [-0.25, -0.2) is 0 Å². The summed E-state index contributed by atoms with van der Waals surface area (Å²) in [7, 11) is 3.99. The van der Waals surface area contributed by atoms with Crippen LogP contribution in [0.1, 0.15) is 61.4 Å². The zero-order valence-corrected chi connectivity index (χ0v) is 19.1. The zero-order chi connectivity index (χ0) is 22.5. The molecule has 0 atom stereocenters. The van der Waals surface area contributed by atoms with Crippen molar-refractivity contribution in [1.82, 2.24) is 0 Å². The first-order valence-electron chi connectivity index (χ1n) is 11.1. The number of hydrogen-bond donors (Lipinski definition) is 0. The van der Waals surface area contributed by atoms with E-state index in [9.17, 15) is 9.59 Å². The van der Waals surface area contributed by atoms with Crippen LogP contribution in [0.2, 0.25) is 0 Å². The second-order valence-electron chi connectivity index (χ2n) is 8.01. The third-order valence-electron chi connectivity index (χ3n) is 5.13. The van der Waals surface area contributed by atoms with Crippen molar-refractivity contribution in [3.05, 3.63) is 59.7 Å². The first kappa shape index (κ1) is 24.4. The van der Waals surface area contributed by atoms with Gasteiger partial charge in [0.2, 0.25) is 0 Å². The minimum Gasteiger partial charge on any atom is -0.494 e. The van der Waals surface area contributed by atoms with Gasteiger partial charge in [-0.2, -0.15) is 0 Å². The Morgan fingerprint density at radius 1 is 0.774 bits per heavy atom. The lowest BCUT2D eigenvalue weighted by atomic mass is 10.1. The fraction of sp³-hybridized carbons (Fsp3) is 0.462. The number of Topliss-reactive ketones (excluding diaryl/α,β-unsaturated/α-hetero) is 1. The Morgan fingerprint density at radius 3 is 1.94 bits per heavy atom. The number of carbonyl (C=O) groups excluding carboxylic acids is 2. The molecule has 2 aromatic rings. The monoisotopic (exact) mass is 425 g/mol. The molecule has 0 saturated carbocycles. The number of hydrogen-bond acceptors (Lipinski definition) is 5. The lowest BCUT2D eigenvalue weighted by molar-refractivity contribution is -0.142. The summed E-state index contributed by atoms with van der Waals surface area (Å²) in [6.45, 7) is 2.74. The topological polar surface area (TPSA) is 55.8 Å². The Balaban J connectivity index is 1.44. The van der Waals surface area contributed by atoms with Crippen LogP contribution in [0.25, 0.3) is 0 Å². The molecule has 0 radical (unpaired) electrons. The van der Waals surface area contributed by atoms with Gasteiger partial charge in [-0.3, -0.25) is 9.59 Å². The summed E-state index contributed by atoms with van der Waals surface area (Å²) in [6, 6.07) is 15.3. The Hall–Kier alpha value is -2.82. The lowest BCUT2D eigenvalue weighted by Gasteiger charge is -2.12. The molecule has 0 N–H and O–H groups in total. The summed E-state index contributed by atoms with van der Waals surface area (Å²) in [6.07, 6.45) is 6.72. The molecule has 0 aliphatic heterocycles. The maximum Gasteiger partial charge on any atom is 0.310 e. The quantitative estimate of drug-likeness (QED) is 0.228. The molecule has 0 amide bonds. The van der Waals surface area contributed by atoms with Crippen molar-refractivity contribution >= 4 is 17.4 Å². The Kier molecular flexibility index (Phi) is 10.6. The minimum absolute atomic E-state index is 0.0659. The fourth-order valence-corrected chi connectivity index (χ4v) is 3.20. The predicted octanol–water partition coefficient (Wildman–Crippen LogP) is 5.46. The summed E-state index contributed by atoms with van der Waals surface area (Å²) in [5, 5.41) is 0. The van der Waals surface area contributed by atoms with Crippen molar-refractivity contribution in [2.75, 3.05) is 32.2 Å². The van der Waals surface area contributed by atoms with Crippen LogP contribution in [-0.4, -0.2) is 39.1 Å². The average Bonchev–Trinajstić information content (AvgIpc) is 2.75. The summed E-state index contributed by atoms with van der Waals surface area (Å²) < 4.78 is 11.1. The van der Waals surface area contributed by atoms with E-state index in [1.807, 2.05) is 55.4 Å². The van der Waals surface area contributed by atoms with Crippen LogP contribution in [0.4, 0.5) is 5.69 Å². The van der Waals surface area contributed by atoms with Crippen LogP contribution in [0, 0.1) is 0 Å². The molecule has 0 unspecified atom stereocenters. The van der Waals surface area contributed by atoms with Gasteiger partial charge in [-0.15, -0.1) is 0 Å². The molecule has 2 aromatic carbocycles. The summed E-state index contributed by atoms with van der Waals surface area (Å²) >= 11 is 0. The van der Waals surface area contributed by atoms with Crippen molar-refractivity contribution in [3.63, 3.8) is 0 Å². The number of ketones is 1. The molecule has 0 aliphatic carbocycles. The largest absolute Gasteiger partial charge is 0.494 e. The number of rotatable bonds is 14. The van der Waals surface area contributed by atoms with Gasteiger partial charge in [0, 0.05) is 25.3 Å².